The van der Waals surface area contributed by atoms with Gasteiger partial charge in [0.05, 0.1) is 43.3 Å². The summed E-state index contributed by atoms with van der Waals surface area (Å²) in [6.07, 6.45) is 3.34. The Morgan fingerprint density at radius 3 is 2.72 bits per heavy atom. The molecule has 5 rings (SSSR count). The Morgan fingerprint density at radius 1 is 1.12 bits per heavy atom. The van der Waals surface area contributed by atoms with Crippen LogP contribution in [0.25, 0.3) is 22.2 Å². The lowest BCUT2D eigenvalue weighted by atomic mass is 10.1. The van der Waals surface area contributed by atoms with Gasteiger partial charge in [-0.3, -0.25) is 9.89 Å². The second-order valence-electron chi connectivity index (χ2n) is 7.39. The van der Waals surface area contributed by atoms with Crippen LogP contribution in [-0.4, -0.2) is 64.4 Å². The van der Waals surface area contributed by atoms with E-state index in [1.54, 1.807) is 24.4 Å². The van der Waals surface area contributed by atoms with Crippen molar-refractivity contribution in [3.05, 3.63) is 60.4 Å². The molecule has 0 saturated carbocycles. The van der Waals surface area contributed by atoms with Crippen molar-refractivity contribution < 1.29 is 14.3 Å². The lowest BCUT2D eigenvalue weighted by molar-refractivity contribution is 0.0303. The zero-order valence-corrected chi connectivity index (χ0v) is 17.5. The highest BCUT2D eigenvalue weighted by Gasteiger charge is 2.23. The smallest absolute Gasteiger partial charge is 0.257 e. The van der Waals surface area contributed by atoms with Gasteiger partial charge in [0.15, 0.2) is 0 Å². The van der Waals surface area contributed by atoms with Crippen molar-refractivity contribution in [3.8, 4) is 17.0 Å². The molecule has 2 N–H and O–H groups in total. The van der Waals surface area contributed by atoms with Crippen molar-refractivity contribution in [2.24, 2.45) is 0 Å². The van der Waals surface area contributed by atoms with Gasteiger partial charge < -0.3 is 19.7 Å². The lowest BCUT2D eigenvalue weighted by Gasteiger charge is -2.27. The van der Waals surface area contributed by atoms with E-state index in [2.05, 4.69) is 20.5 Å². The second kappa shape index (κ2) is 8.64. The summed E-state index contributed by atoms with van der Waals surface area (Å²) in [5.41, 5.74) is 3.59. The number of rotatable bonds is 5. The molecular weight excluding hydrogens is 408 g/mol. The van der Waals surface area contributed by atoms with Crippen LogP contribution in [0.1, 0.15) is 10.4 Å². The number of nitrogens with one attached hydrogen (secondary N) is 2. The van der Waals surface area contributed by atoms with Crippen LogP contribution in [0.2, 0.25) is 0 Å². The highest BCUT2D eigenvalue weighted by Crippen LogP contribution is 2.27. The molecule has 0 atom stereocenters. The minimum absolute atomic E-state index is 0.106. The summed E-state index contributed by atoms with van der Waals surface area (Å²) in [6.45, 7) is 2.15. The van der Waals surface area contributed by atoms with E-state index >= 15 is 0 Å². The van der Waals surface area contributed by atoms with Crippen molar-refractivity contribution in [2.45, 2.75) is 0 Å². The van der Waals surface area contributed by atoms with Crippen LogP contribution >= 0.6 is 0 Å². The second-order valence-corrected chi connectivity index (χ2v) is 7.39. The Kier molecular flexibility index (Phi) is 5.39. The Bertz CT molecular complexity index is 1250. The summed E-state index contributed by atoms with van der Waals surface area (Å²) in [6, 6.07) is 13.3. The van der Waals surface area contributed by atoms with Crippen molar-refractivity contribution in [1.29, 1.82) is 0 Å². The number of H-pyrrole nitrogens is 1. The largest absolute Gasteiger partial charge is 0.497 e. The molecular formula is C23H22N6O3. The molecule has 0 bridgehead atoms. The van der Waals surface area contributed by atoms with Gasteiger partial charge in [0, 0.05) is 35.9 Å². The van der Waals surface area contributed by atoms with Crippen molar-refractivity contribution >= 4 is 28.4 Å². The average Bonchev–Trinajstić information content (AvgIpc) is 3.32. The number of nitrogens with zero attached hydrogens (tertiary/aromatic N) is 4. The predicted octanol–water partition coefficient (Wildman–Crippen LogP) is 3.24. The third kappa shape index (κ3) is 3.97. The zero-order valence-electron chi connectivity index (χ0n) is 17.5. The highest BCUT2D eigenvalue weighted by molar-refractivity contribution is 6.00. The van der Waals surface area contributed by atoms with Gasteiger partial charge in [-0.1, -0.05) is 0 Å². The predicted molar refractivity (Wildman–Crippen MR) is 120 cm³/mol. The van der Waals surface area contributed by atoms with E-state index in [1.165, 1.54) is 0 Å². The van der Waals surface area contributed by atoms with Gasteiger partial charge in [0.2, 0.25) is 5.95 Å². The van der Waals surface area contributed by atoms with Crippen LogP contribution in [0, 0.1) is 0 Å². The topological polar surface area (TPSA) is 105 Å². The molecule has 1 fully saturated rings. The first-order chi connectivity index (χ1) is 15.7. The number of carbonyl (C=O) groups is 1. The molecule has 2 aromatic heterocycles. The number of aromatic amines is 1. The number of aromatic nitrogens is 4. The van der Waals surface area contributed by atoms with Gasteiger partial charge >= 0.3 is 0 Å². The third-order valence-corrected chi connectivity index (χ3v) is 5.38. The molecule has 0 spiro atoms. The molecule has 3 heterocycles. The number of benzene rings is 2. The Hall–Kier alpha value is -3.98. The normalized spacial score (nSPS) is 13.8. The first-order valence-electron chi connectivity index (χ1n) is 10.3. The zero-order chi connectivity index (χ0) is 21.9. The van der Waals surface area contributed by atoms with E-state index < -0.39 is 0 Å². The quantitative estimate of drug-likeness (QED) is 0.501. The summed E-state index contributed by atoms with van der Waals surface area (Å²) >= 11 is 0. The van der Waals surface area contributed by atoms with E-state index in [0.29, 0.717) is 43.5 Å². The number of fused-ring (bicyclic) bond motifs is 1. The maximum absolute atomic E-state index is 13.2. The lowest BCUT2D eigenvalue weighted by Crippen LogP contribution is -2.41. The van der Waals surface area contributed by atoms with Crippen LogP contribution in [0.5, 0.6) is 5.75 Å². The molecule has 1 saturated heterocycles. The van der Waals surface area contributed by atoms with E-state index in [0.717, 1.165) is 27.9 Å². The fourth-order valence-electron chi connectivity index (χ4n) is 3.65. The Balaban J connectivity index is 1.51. The Labute approximate surface area is 184 Å². The molecule has 32 heavy (non-hydrogen) atoms. The summed E-state index contributed by atoms with van der Waals surface area (Å²) in [7, 11) is 1.62. The Morgan fingerprint density at radius 2 is 1.94 bits per heavy atom. The van der Waals surface area contributed by atoms with Crippen LogP contribution < -0.4 is 10.1 Å². The van der Waals surface area contributed by atoms with Crippen LogP contribution in [-0.2, 0) is 4.74 Å². The number of anilines is 2. The van der Waals surface area contributed by atoms with Crippen LogP contribution in [0.15, 0.2) is 54.9 Å². The van der Waals surface area contributed by atoms with Gasteiger partial charge in [-0.05, 0) is 42.5 Å². The van der Waals surface area contributed by atoms with Crippen LogP contribution in [0.3, 0.4) is 0 Å². The third-order valence-electron chi connectivity index (χ3n) is 5.38. The van der Waals surface area contributed by atoms with Gasteiger partial charge in [-0.2, -0.15) is 5.10 Å². The molecule has 0 unspecified atom stereocenters. The first kappa shape index (κ1) is 20.0. The van der Waals surface area contributed by atoms with Crippen molar-refractivity contribution in [2.75, 3.05) is 38.7 Å². The fraction of sp³-hybridized carbons (Fsp3) is 0.217. The molecule has 4 aromatic rings. The van der Waals surface area contributed by atoms with E-state index in [4.69, 9.17) is 14.5 Å². The average molecular weight is 430 g/mol. The fourth-order valence-corrected chi connectivity index (χ4v) is 3.65. The minimum Gasteiger partial charge on any atom is -0.497 e. The number of ether oxygens (including phenoxy) is 2. The summed E-state index contributed by atoms with van der Waals surface area (Å²) in [5, 5.41) is 11.2. The molecule has 1 aliphatic heterocycles. The molecule has 1 aliphatic rings. The number of hydrogen-bond donors (Lipinski definition) is 2. The molecule has 0 aliphatic carbocycles. The number of carbonyl (C=O) groups excluding carboxylic acids is 1. The monoisotopic (exact) mass is 430 g/mol. The standard InChI is InChI=1S/C23H22N6O3/c1-31-18-5-2-15(3-6-18)21-19(22(30)29-8-10-32-11-9-29)14-24-23(27-21)26-17-4-7-20-16(12-17)13-25-28-20/h2-7,12-14H,8-11H2,1H3,(H,25,28)(H,24,26,27). The van der Waals surface area contributed by atoms with Crippen LogP contribution in [0.4, 0.5) is 11.6 Å². The van der Waals surface area contributed by atoms with Crippen molar-refractivity contribution in [3.63, 3.8) is 0 Å². The molecule has 2 aromatic carbocycles. The highest BCUT2D eigenvalue weighted by atomic mass is 16.5. The first-order valence-corrected chi connectivity index (χ1v) is 10.3. The van der Waals surface area contributed by atoms with Gasteiger partial charge in [-0.15, -0.1) is 0 Å². The van der Waals surface area contributed by atoms with Gasteiger partial charge in [-0.25, -0.2) is 9.97 Å². The van der Waals surface area contributed by atoms with Crippen molar-refractivity contribution in [1.82, 2.24) is 25.1 Å². The molecule has 0 radical (unpaired) electrons. The number of hydrogen-bond acceptors (Lipinski definition) is 7. The van der Waals surface area contributed by atoms with E-state index in [9.17, 15) is 4.79 Å². The maximum atomic E-state index is 13.2. The molecule has 9 nitrogen and oxygen atoms in total. The number of methoxy groups -OCH3 is 1. The molecule has 9 heteroatoms. The number of amides is 1. The molecule has 162 valence electrons. The maximum Gasteiger partial charge on any atom is 0.257 e. The number of morpholine rings is 1. The SMILES string of the molecule is COc1ccc(-c2nc(Nc3ccc4[nH]ncc4c3)ncc2C(=O)N2CCOCC2)cc1. The van der Waals surface area contributed by atoms with Gasteiger partial charge in [0.1, 0.15) is 5.75 Å². The summed E-state index contributed by atoms with van der Waals surface area (Å²) < 4.78 is 10.6. The summed E-state index contributed by atoms with van der Waals surface area (Å²) in [5.74, 6) is 1.03. The minimum atomic E-state index is -0.106. The summed E-state index contributed by atoms with van der Waals surface area (Å²) in [4.78, 5) is 24.2. The van der Waals surface area contributed by atoms with E-state index in [1.807, 2.05) is 42.5 Å². The molecule has 1 amide bonds. The van der Waals surface area contributed by atoms with E-state index in [-0.39, 0.29) is 5.91 Å². The van der Waals surface area contributed by atoms with Gasteiger partial charge in [0.25, 0.3) is 5.91 Å².